The van der Waals surface area contributed by atoms with Crippen molar-refractivity contribution in [3.63, 3.8) is 0 Å². The molecule has 0 bridgehead atoms. The lowest BCUT2D eigenvalue weighted by Crippen LogP contribution is -2.52. The molecule has 0 aromatic heterocycles. The second-order valence-electron chi connectivity index (χ2n) is 5.64. The van der Waals surface area contributed by atoms with E-state index < -0.39 is 0 Å². The highest BCUT2D eigenvalue weighted by Gasteiger charge is 2.32. The van der Waals surface area contributed by atoms with E-state index in [4.69, 9.17) is 4.74 Å². The Morgan fingerprint density at radius 2 is 1.90 bits per heavy atom. The van der Waals surface area contributed by atoms with Gasteiger partial charge in [0.05, 0.1) is 6.17 Å². The van der Waals surface area contributed by atoms with Crippen molar-refractivity contribution in [1.29, 1.82) is 0 Å². The van der Waals surface area contributed by atoms with Crippen molar-refractivity contribution >= 4 is 6.09 Å². The monoisotopic (exact) mass is 286 g/mol. The molecule has 21 heavy (non-hydrogen) atoms. The Kier molecular flexibility index (Phi) is 4.55. The fraction of sp³-hybridized carbons (Fsp3) is 0.471. The number of piperidine rings is 1. The van der Waals surface area contributed by atoms with E-state index in [0.717, 1.165) is 38.0 Å². The van der Waals surface area contributed by atoms with Gasteiger partial charge in [-0.15, -0.1) is 0 Å². The van der Waals surface area contributed by atoms with Gasteiger partial charge in [0, 0.05) is 19.6 Å². The van der Waals surface area contributed by atoms with E-state index in [1.165, 1.54) is 6.42 Å². The maximum atomic E-state index is 12.4. The topological polar surface area (TPSA) is 32.8 Å². The molecule has 1 atom stereocenters. The van der Waals surface area contributed by atoms with Crippen LogP contribution in [0.2, 0.25) is 0 Å². The van der Waals surface area contributed by atoms with E-state index in [1.807, 2.05) is 35.2 Å². The van der Waals surface area contributed by atoms with Crippen molar-refractivity contribution in [3.8, 4) is 0 Å². The van der Waals surface area contributed by atoms with Crippen LogP contribution in [-0.4, -0.2) is 41.7 Å². The molecule has 1 fully saturated rings. The molecular weight excluding hydrogens is 264 g/mol. The zero-order valence-electron chi connectivity index (χ0n) is 12.3. The lowest BCUT2D eigenvalue weighted by molar-refractivity contribution is 0.0161. The van der Waals surface area contributed by atoms with Crippen LogP contribution in [0.3, 0.4) is 0 Å². The molecule has 1 saturated heterocycles. The van der Waals surface area contributed by atoms with E-state index in [9.17, 15) is 4.79 Å². The minimum absolute atomic E-state index is 0.185. The van der Waals surface area contributed by atoms with Gasteiger partial charge in [0.2, 0.25) is 0 Å². The first-order chi connectivity index (χ1) is 10.3. The van der Waals surface area contributed by atoms with Gasteiger partial charge in [-0.25, -0.2) is 4.79 Å². The zero-order chi connectivity index (χ0) is 14.5. The molecule has 0 saturated carbocycles. The second kappa shape index (κ2) is 6.76. The highest BCUT2D eigenvalue weighted by Crippen LogP contribution is 2.23. The van der Waals surface area contributed by atoms with Crippen LogP contribution in [0.25, 0.3) is 0 Å². The molecule has 1 aromatic rings. The number of hydrogen-bond donors (Lipinski definition) is 0. The molecule has 0 radical (unpaired) electrons. The van der Waals surface area contributed by atoms with Crippen LogP contribution in [-0.2, 0) is 11.3 Å². The molecule has 2 aliphatic rings. The van der Waals surface area contributed by atoms with E-state index in [-0.39, 0.29) is 12.3 Å². The molecule has 2 heterocycles. The molecule has 0 spiro atoms. The van der Waals surface area contributed by atoms with E-state index >= 15 is 0 Å². The smallest absolute Gasteiger partial charge is 0.411 e. The van der Waals surface area contributed by atoms with Gasteiger partial charge in [0.25, 0.3) is 0 Å². The Hall–Kier alpha value is -1.81. The van der Waals surface area contributed by atoms with Gasteiger partial charge in [-0.3, -0.25) is 9.80 Å². The molecule has 2 aliphatic heterocycles. The maximum absolute atomic E-state index is 12.4. The molecule has 0 aliphatic carbocycles. The van der Waals surface area contributed by atoms with Gasteiger partial charge in [0.1, 0.15) is 6.61 Å². The third kappa shape index (κ3) is 3.45. The summed E-state index contributed by atoms with van der Waals surface area (Å²) in [4.78, 5) is 16.6. The number of amides is 1. The van der Waals surface area contributed by atoms with Crippen LogP contribution in [0.15, 0.2) is 42.5 Å². The first-order valence-corrected chi connectivity index (χ1v) is 7.71. The third-order valence-electron chi connectivity index (χ3n) is 4.18. The van der Waals surface area contributed by atoms with Gasteiger partial charge in [0.15, 0.2) is 0 Å². The fourth-order valence-electron chi connectivity index (χ4n) is 3.05. The summed E-state index contributed by atoms with van der Waals surface area (Å²) in [6, 6.07) is 9.84. The molecule has 3 rings (SSSR count). The predicted octanol–water partition coefficient (Wildman–Crippen LogP) is 3.01. The SMILES string of the molecule is O=C(OCc1ccccc1)N1CCCCC1N1CC=CC1. The molecule has 1 amide bonds. The maximum Gasteiger partial charge on any atom is 0.411 e. The van der Waals surface area contributed by atoms with Crippen LogP contribution >= 0.6 is 0 Å². The van der Waals surface area contributed by atoms with Crippen LogP contribution in [0.1, 0.15) is 24.8 Å². The number of rotatable bonds is 3. The first-order valence-electron chi connectivity index (χ1n) is 7.71. The Morgan fingerprint density at radius 1 is 1.14 bits per heavy atom. The number of hydrogen-bond acceptors (Lipinski definition) is 3. The summed E-state index contributed by atoms with van der Waals surface area (Å²) in [7, 11) is 0. The minimum Gasteiger partial charge on any atom is -0.445 e. The number of nitrogens with zero attached hydrogens (tertiary/aromatic N) is 2. The Labute approximate surface area is 126 Å². The van der Waals surface area contributed by atoms with Crippen LogP contribution in [0.4, 0.5) is 4.79 Å². The molecule has 0 N–H and O–H groups in total. The van der Waals surface area contributed by atoms with Crippen molar-refractivity contribution < 1.29 is 9.53 Å². The molecule has 1 unspecified atom stereocenters. The number of benzene rings is 1. The molecule has 4 heteroatoms. The average molecular weight is 286 g/mol. The number of carbonyl (C=O) groups excluding carboxylic acids is 1. The molecular formula is C17H22N2O2. The van der Waals surface area contributed by atoms with E-state index in [1.54, 1.807) is 0 Å². The van der Waals surface area contributed by atoms with Crippen molar-refractivity contribution in [2.75, 3.05) is 19.6 Å². The Balaban J connectivity index is 1.58. The van der Waals surface area contributed by atoms with Gasteiger partial charge >= 0.3 is 6.09 Å². The standard InChI is InChI=1S/C17H22N2O2/c20-17(21-14-15-8-2-1-3-9-15)19-13-5-4-10-16(19)18-11-6-7-12-18/h1-3,6-9,16H,4-5,10-14H2. The summed E-state index contributed by atoms with van der Waals surface area (Å²) >= 11 is 0. The fourth-order valence-corrected chi connectivity index (χ4v) is 3.05. The quantitative estimate of drug-likeness (QED) is 0.801. The Morgan fingerprint density at radius 3 is 2.67 bits per heavy atom. The summed E-state index contributed by atoms with van der Waals surface area (Å²) in [5.74, 6) is 0. The number of carbonyl (C=O) groups is 1. The van der Waals surface area contributed by atoms with Crippen molar-refractivity contribution in [2.24, 2.45) is 0 Å². The average Bonchev–Trinajstić information content (AvgIpc) is 3.08. The Bertz CT molecular complexity index is 493. The van der Waals surface area contributed by atoms with Crippen molar-refractivity contribution in [3.05, 3.63) is 48.0 Å². The van der Waals surface area contributed by atoms with Gasteiger partial charge in [-0.1, -0.05) is 42.5 Å². The summed E-state index contributed by atoms with van der Waals surface area (Å²) in [5, 5.41) is 0. The van der Waals surface area contributed by atoms with Crippen molar-refractivity contribution in [1.82, 2.24) is 9.80 Å². The lowest BCUT2D eigenvalue weighted by Gasteiger charge is -2.40. The molecule has 1 aromatic carbocycles. The second-order valence-corrected chi connectivity index (χ2v) is 5.64. The van der Waals surface area contributed by atoms with E-state index in [2.05, 4.69) is 17.1 Å². The summed E-state index contributed by atoms with van der Waals surface area (Å²) in [6.45, 7) is 3.02. The molecule has 4 nitrogen and oxygen atoms in total. The van der Waals surface area contributed by atoms with Crippen molar-refractivity contribution in [2.45, 2.75) is 32.0 Å². The lowest BCUT2D eigenvalue weighted by atomic mass is 10.1. The summed E-state index contributed by atoms with van der Waals surface area (Å²) in [5.41, 5.74) is 1.03. The van der Waals surface area contributed by atoms with Crippen LogP contribution in [0.5, 0.6) is 0 Å². The van der Waals surface area contributed by atoms with E-state index in [0.29, 0.717) is 6.61 Å². The number of likely N-dealkylation sites (tertiary alicyclic amines) is 1. The predicted molar refractivity (Wildman–Crippen MR) is 81.7 cm³/mol. The van der Waals surface area contributed by atoms with Gasteiger partial charge in [-0.05, 0) is 24.8 Å². The normalized spacial score (nSPS) is 22.5. The first kappa shape index (κ1) is 14.1. The third-order valence-corrected chi connectivity index (χ3v) is 4.18. The van der Waals surface area contributed by atoms with Crippen LogP contribution in [0, 0.1) is 0 Å². The largest absolute Gasteiger partial charge is 0.445 e. The summed E-state index contributed by atoms with van der Waals surface area (Å²) < 4.78 is 5.50. The molecule has 112 valence electrons. The highest BCUT2D eigenvalue weighted by atomic mass is 16.6. The minimum atomic E-state index is -0.185. The van der Waals surface area contributed by atoms with Gasteiger partial charge < -0.3 is 4.74 Å². The highest BCUT2D eigenvalue weighted by molar-refractivity contribution is 5.68. The van der Waals surface area contributed by atoms with Gasteiger partial charge in [-0.2, -0.15) is 0 Å². The van der Waals surface area contributed by atoms with Crippen LogP contribution < -0.4 is 0 Å². The summed E-state index contributed by atoms with van der Waals surface area (Å²) in [6.07, 6.45) is 7.64. The zero-order valence-corrected chi connectivity index (χ0v) is 12.3. The number of ether oxygens (including phenoxy) is 1.